The minimum absolute atomic E-state index is 0.332. The molecule has 54 valence electrons. The van der Waals surface area contributed by atoms with Gasteiger partial charge >= 0.3 is 5.97 Å². The molecule has 0 aliphatic carbocycles. The Morgan fingerprint density at radius 1 is 1.89 bits per heavy atom. The standard InChI is InChI=1S/C5H11NO2S/c1-2-8-5(7)4(6)3-9/h4,9H,2-3,6H2,1H3/t4-/m1/s1. The lowest BCUT2D eigenvalue weighted by atomic mass is 10.4. The molecule has 0 aromatic carbocycles. The summed E-state index contributed by atoms with van der Waals surface area (Å²) in [5.41, 5.74) is 5.25. The molecule has 0 saturated carbocycles. The Kier molecular flexibility index (Phi) is 4.53. The first-order valence-electron chi connectivity index (χ1n) is 2.75. The second-order valence-electron chi connectivity index (χ2n) is 1.54. The molecule has 0 saturated heterocycles. The van der Waals surface area contributed by atoms with E-state index < -0.39 is 6.04 Å². The van der Waals surface area contributed by atoms with Crippen molar-refractivity contribution in [1.29, 1.82) is 0 Å². The van der Waals surface area contributed by atoms with E-state index in [1.165, 1.54) is 0 Å². The van der Waals surface area contributed by atoms with Crippen molar-refractivity contribution in [2.75, 3.05) is 12.4 Å². The minimum atomic E-state index is -0.576. The minimum Gasteiger partial charge on any atom is -0.465 e. The summed E-state index contributed by atoms with van der Waals surface area (Å²) in [5.74, 6) is -0.0498. The van der Waals surface area contributed by atoms with Crippen LogP contribution in [0.3, 0.4) is 0 Å². The highest BCUT2D eigenvalue weighted by Crippen LogP contribution is 1.87. The molecule has 0 radical (unpaired) electrons. The maximum absolute atomic E-state index is 10.6. The van der Waals surface area contributed by atoms with Crippen molar-refractivity contribution >= 4 is 18.6 Å². The molecule has 0 aliphatic rings. The number of hydrogen-bond donors (Lipinski definition) is 2. The number of carbonyl (C=O) groups excluding carboxylic acids is 1. The zero-order valence-corrected chi connectivity index (χ0v) is 6.23. The smallest absolute Gasteiger partial charge is 0.323 e. The zero-order chi connectivity index (χ0) is 7.28. The highest BCUT2D eigenvalue weighted by Gasteiger charge is 2.10. The lowest BCUT2D eigenvalue weighted by Gasteiger charge is -2.05. The number of hydrogen-bond acceptors (Lipinski definition) is 4. The molecular weight excluding hydrogens is 138 g/mol. The van der Waals surface area contributed by atoms with E-state index in [0.29, 0.717) is 12.4 Å². The molecule has 0 rings (SSSR count). The molecule has 4 heteroatoms. The van der Waals surface area contributed by atoms with Crippen LogP contribution in [0, 0.1) is 0 Å². The molecule has 0 aliphatic heterocycles. The van der Waals surface area contributed by atoms with Gasteiger partial charge in [-0.05, 0) is 6.92 Å². The molecule has 0 aromatic rings. The summed E-state index contributed by atoms with van der Waals surface area (Å²) in [6.07, 6.45) is 0. The fourth-order valence-electron chi connectivity index (χ4n) is 0.324. The number of nitrogens with two attached hydrogens (primary N) is 1. The topological polar surface area (TPSA) is 52.3 Å². The number of thiol groups is 1. The molecule has 0 fully saturated rings. The van der Waals surface area contributed by atoms with Crippen LogP contribution in [0.25, 0.3) is 0 Å². The van der Waals surface area contributed by atoms with E-state index in [2.05, 4.69) is 17.4 Å². The highest BCUT2D eigenvalue weighted by atomic mass is 32.1. The Morgan fingerprint density at radius 2 is 2.44 bits per heavy atom. The number of carbonyl (C=O) groups is 1. The van der Waals surface area contributed by atoms with E-state index in [-0.39, 0.29) is 5.97 Å². The maximum atomic E-state index is 10.6. The van der Waals surface area contributed by atoms with Crippen molar-refractivity contribution < 1.29 is 9.53 Å². The fraction of sp³-hybridized carbons (Fsp3) is 0.800. The van der Waals surface area contributed by atoms with Crippen molar-refractivity contribution in [3.05, 3.63) is 0 Å². The average Bonchev–Trinajstić information content (AvgIpc) is 1.87. The third kappa shape index (κ3) is 3.37. The maximum Gasteiger partial charge on any atom is 0.323 e. The highest BCUT2D eigenvalue weighted by molar-refractivity contribution is 7.80. The van der Waals surface area contributed by atoms with Crippen molar-refractivity contribution in [3.8, 4) is 0 Å². The number of ether oxygens (including phenoxy) is 1. The van der Waals surface area contributed by atoms with Crippen LogP contribution in [0.1, 0.15) is 6.92 Å². The predicted octanol–water partition coefficient (Wildman–Crippen LogP) is -0.193. The first-order valence-corrected chi connectivity index (χ1v) is 3.38. The summed E-state index contributed by atoms with van der Waals surface area (Å²) in [7, 11) is 0. The zero-order valence-electron chi connectivity index (χ0n) is 5.33. The van der Waals surface area contributed by atoms with Crippen LogP contribution in [0.2, 0.25) is 0 Å². The number of rotatable bonds is 3. The van der Waals surface area contributed by atoms with Gasteiger partial charge in [-0.15, -0.1) is 0 Å². The van der Waals surface area contributed by atoms with Gasteiger partial charge in [-0.3, -0.25) is 4.79 Å². The van der Waals surface area contributed by atoms with Gasteiger partial charge in [0, 0.05) is 5.75 Å². The van der Waals surface area contributed by atoms with Gasteiger partial charge in [0.1, 0.15) is 6.04 Å². The molecule has 3 nitrogen and oxygen atoms in total. The Balaban J connectivity index is 3.46. The summed E-state index contributed by atoms with van der Waals surface area (Å²) in [5, 5.41) is 0. The van der Waals surface area contributed by atoms with Gasteiger partial charge in [-0.25, -0.2) is 0 Å². The Hall–Kier alpha value is -0.220. The second-order valence-corrected chi connectivity index (χ2v) is 1.91. The van der Waals surface area contributed by atoms with Crippen LogP contribution in [0.5, 0.6) is 0 Å². The van der Waals surface area contributed by atoms with E-state index in [0.717, 1.165) is 0 Å². The van der Waals surface area contributed by atoms with Gasteiger partial charge in [0.15, 0.2) is 0 Å². The predicted molar refractivity (Wildman–Crippen MR) is 38.5 cm³/mol. The molecule has 2 N–H and O–H groups in total. The summed E-state index contributed by atoms with van der Waals surface area (Å²) >= 11 is 3.82. The van der Waals surface area contributed by atoms with Gasteiger partial charge in [0.05, 0.1) is 6.61 Å². The van der Waals surface area contributed by atoms with Gasteiger partial charge in [0.2, 0.25) is 0 Å². The van der Waals surface area contributed by atoms with E-state index in [9.17, 15) is 4.79 Å². The van der Waals surface area contributed by atoms with Crippen LogP contribution in [0.15, 0.2) is 0 Å². The van der Waals surface area contributed by atoms with Crippen LogP contribution < -0.4 is 5.73 Å². The molecule has 0 bridgehead atoms. The van der Waals surface area contributed by atoms with Gasteiger partial charge in [-0.1, -0.05) is 0 Å². The first kappa shape index (κ1) is 8.78. The summed E-state index contributed by atoms with van der Waals surface area (Å²) in [6, 6.07) is -0.576. The molecule has 0 aromatic heterocycles. The fourth-order valence-corrected chi connectivity index (χ4v) is 0.473. The third-order valence-electron chi connectivity index (χ3n) is 0.786. The summed E-state index contributed by atoms with van der Waals surface area (Å²) in [4.78, 5) is 10.6. The van der Waals surface area contributed by atoms with E-state index in [1.54, 1.807) is 6.92 Å². The molecule has 9 heavy (non-hydrogen) atoms. The monoisotopic (exact) mass is 149 g/mol. The second kappa shape index (κ2) is 4.64. The van der Waals surface area contributed by atoms with Crippen LogP contribution >= 0.6 is 12.6 Å². The largest absolute Gasteiger partial charge is 0.465 e. The molecular formula is C5H11NO2S. The van der Waals surface area contributed by atoms with Crippen LogP contribution in [-0.4, -0.2) is 24.4 Å². The lowest BCUT2D eigenvalue weighted by molar-refractivity contribution is -0.144. The van der Waals surface area contributed by atoms with Crippen molar-refractivity contribution in [2.45, 2.75) is 13.0 Å². The van der Waals surface area contributed by atoms with E-state index in [4.69, 9.17) is 5.73 Å². The van der Waals surface area contributed by atoms with Gasteiger partial charge in [-0.2, -0.15) is 12.6 Å². The van der Waals surface area contributed by atoms with Crippen molar-refractivity contribution in [3.63, 3.8) is 0 Å². The summed E-state index contributed by atoms with van der Waals surface area (Å²) in [6.45, 7) is 2.11. The Labute approximate surface area is 60.0 Å². The quantitative estimate of drug-likeness (QED) is 0.432. The summed E-state index contributed by atoms with van der Waals surface area (Å²) < 4.78 is 4.58. The normalized spacial score (nSPS) is 12.8. The first-order chi connectivity index (χ1) is 4.22. The average molecular weight is 149 g/mol. The van der Waals surface area contributed by atoms with Crippen LogP contribution in [-0.2, 0) is 9.53 Å². The van der Waals surface area contributed by atoms with Crippen LogP contribution in [0.4, 0.5) is 0 Å². The van der Waals surface area contributed by atoms with E-state index in [1.807, 2.05) is 0 Å². The molecule has 0 unspecified atom stereocenters. The molecule has 0 spiro atoms. The number of esters is 1. The van der Waals surface area contributed by atoms with Gasteiger partial charge < -0.3 is 10.5 Å². The van der Waals surface area contributed by atoms with Crippen molar-refractivity contribution in [1.82, 2.24) is 0 Å². The van der Waals surface area contributed by atoms with Gasteiger partial charge in [0.25, 0.3) is 0 Å². The Bertz CT molecular complexity index is 97.0. The van der Waals surface area contributed by atoms with Crippen molar-refractivity contribution in [2.24, 2.45) is 5.73 Å². The molecule has 1 atom stereocenters. The SMILES string of the molecule is CCOC(=O)[C@H](N)CS. The van der Waals surface area contributed by atoms with E-state index >= 15 is 0 Å². The Morgan fingerprint density at radius 3 is 2.78 bits per heavy atom. The molecule has 0 heterocycles. The lowest BCUT2D eigenvalue weighted by Crippen LogP contribution is -2.33. The molecule has 0 amide bonds. The third-order valence-corrected chi connectivity index (χ3v) is 1.18.